The maximum absolute atomic E-state index is 11.5. The van der Waals surface area contributed by atoms with Gasteiger partial charge in [0.2, 0.25) is 0 Å². The number of ether oxygens (including phenoxy) is 1. The molecule has 0 spiro atoms. The van der Waals surface area contributed by atoms with Crippen molar-refractivity contribution in [2.75, 3.05) is 0 Å². The van der Waals surface area contributed by atoms with Gasteiger partial charge in [-0.15, -0.1) is 0 Å². The van der Waals surface area contributed by atoms with Crippen LogP contribution in [0.1, 0.15) is 15.9 Å². The number of hydrogen-bond acceptors (Lipinski definition) is 4. The summed E-state index contributed by atoms with van der Waals surface area (Å²) in [5.74, 6) is -1.09. The van der Waals surface area contributed by atoms with Gasteiger partial charge in [0.1, 0.15) is 0 Å². The molecule has 1 heterocycles. The second-order valence-corrected chi connectivity index (χ2v) is 6.75. The predicted molar refractivity (Wildman–Crippen MR) is 66.0 cm³/mol. The molecule has 5 nitrogen and oxygen atoms in total. The van der Waals surface area contributed by atoms with E-state index in [2.05, 4.69) is 4.74 Å². The molecule has 18 heavy (non-hydrogen) atoms. The van der Waals surface area contributed by atoms with E-state index in [0.717, 1.165) is 6.07 Å². The molecule has 10 heteroatoms. The van der Waals surface area contributed by atoms with E-state index in [0.29, 0.717) is 0 Å². The Hall–Kier alpha value is -0.240. The highest BCUT2D eigenvalue weighted by molar-refractivity contribution is 7.88. The summed E-state index contributed by atoms with van der Waals surface area (Å²) in [5.41, 5.74) is -0.727. The van der Waals surface area contributed by atoms with Crippen molar-refractivity contribution in [3.8, 4) is 0 Å². The van der Waals surface area contributed by atoms with E-state index in [1.165, 1.54) is 0 Å². The zero-order valence-corrected chi connectivity index (χ0v) is 11.9. The van der Waals surface area contributed by atoms with Gasteiger partial charge in [-0.1, -0.05) is 34.8 Å². The SMILES string of the molecule is O=C1OC(Cl)(S(=O)(=O)O)c2c1cc(Cl)c(Cl)c2Cl. The Bertz CT molecular complexity index is 671. The second kappa shape index (κ2) is 4.13. The van der Waals surface area contributed by atoms with Crippen molar-refractivity contribution in [2.24, 2.45) is 0 Å². The number of halogens is 4. The summed E-state index contributed by atoms with van der Waals surface area (Å²) in [7, 11) is -4.96. The molecule has 0 fully saturated rings. The zero-order chi connectivity index (χ0) is 13.9. The average molecular weight is 352 g/mol. The maximum atomic E-state index is 11.5. The number of esters is 1. The first-order valence-corrected chi connectivity index (χ1v) is 7.12. The van der Waals surface area contributed by atoms with Crippen LogP contribution >= 0.6 is 46.4 Å². The molecular weight excluding hydrogens is 350 g/mol. The van der Waals surface area contributed by atoms with Gasteiger partial charge in [0.25, 0.3) is 0 Å². The van der Waals surface area contributed by atoms with Crippen LogP contribution in [-0.4, -0.2) is 18.9 Å². The minimum Gasteiger partial charge on any atom is -0.418 e. The summed E-state index contributed by atoms with van der Waals surface area (Å²) < 4.78 is 33.1. The van der Waals surface area contributed by atoms with E-state index in [4.69, 9.17) is 51.0 Å². The Balaban J connectivity index is 2.90. The number of alkyl halides is 1. The van der Waals surface area contributed by atoms with Crippen molar-refractivity contribution in [3.63, 3.8) is 0 Å². The smallest absolute Gasteiger partial charge is 0.341 e. The van der Waals surface area contributed by atoms with E-state index in [-0.39, 0.29) is 20.6 Å². The first kappa shape index (κ1) is 14.2. The number of rotatable bonds is 1. The van der Waals surface area contributed by atoms with Crippen molar-refractivity contribution >= 4 is 62.5 Å². The van der Waals surface area contributed by atoms with Crippen LogP contribution in [0.15, 0.2) is 6.07 Å². The van der Waals surface area contributed by atoms with Crippen LogP contribution in [0.5, 0.6) is 0 Å². The highest BCUT2D eigenvalue weighted by Crippen LogP contribution is 2.50. The summed E-state index contributed by atoms with van der Waals surface area (Å²) in [6.07, 6.45) is 0. The van der Waals surface area contributed by atoms with Crippen molar-refractivity contribution in [2.45, 2.75) is 4.39 Å². The molecular formula is C8H2Cl4O5S. The Morgan fingerprint density at radius 3 is 2.28 bits per heavy atom. The summed E-state index contributed by atoms with van der Waals surface area (Å²) in [6, 6.07) is 1.06. The lowest BCUT2D eigenvalue weighted by atomic mass is 10.1. The fourth-order valence-electron chi connectivity index (χ4n) is 1.45. The topological polar surface area (TPSA) is 80.7 Å². The van der Waals surface area contributed by atoms with Gasteiger partial charge in [0.05, 0.1) is 26.2 Å². The molecule has 1 N–H and O–H groups in total. The van der Waals surface area contributed by atoms with Crippen molar-refractivity contribution in [3.05, 3.63) is 32.3 Å². The van der Waals surface area contributed by atoms with E-state index in [9.17, 15) is 13.2 Å². The van der Waals surface area contributed by atoms with E-state index in [1.807, 2.05) is 0 Å². The van der Waals surface area contributed by atoms with E-state index >= 15 is 0 Å². The summed E-state index contributed by atoms with van der Waals surface area (Å²) in [6.45, 7) is 0. The molecule has 0 saturated carbocycles. The molecule has 1 aromatic rings. The molecule has 0 amide bonds. The Morgan fingerprint density at radius 1 is 1.22 bits per heavy atom. The van der Waals surface area contributed by atoms with Crippen molar-refractivity contribution < 1.29 is 22.5 Å². The third kappa shape index (κ3) is 1.79. The number of benzene rings is 1. The van der Waals surface area contributed by atoms with Crippen LogP contribution in [-0.2, 0) is 19.2 Å². The quantitative estimate of drug-likeness (QED) is 0.364. The normalized spacial score (nSPS) is 22.8. The molecule has 0 bridgehead atoms. The number of carbonyl (C=O) groups excluding carboxylic acids is 1. The fourth-order valence-corrected chi connectivity index (χ4v) is 3.21. The maximum Gasteiger partial charge on any atom is 0.341 e. The molecule has 1 unspecified atom stereocenters. The van der Waals surface area contributed by atoms with Crippen LogP contribution in [0, 0.1) is 0 Å². The monoisotopic (exact) mass is 350 g/mol. The predicted octanol–water partition coefficient (Wildman–Crippen LogP) is 3.05. The van der Waals surface area contributed by atoms with Crippen LogP contribution in [0.3, 0.4) is 0 Å². The molecule has 0 aromatic heterocycles. The molecule has 1 aromatic carbocycles. The second-order valence-electron chi connectivity index (χ2n) is 3.31. The average Bonchev–Trinajstić information content (AvgIpc) is 2.48. The van der Waals surface area contributed by atoms with Gasteiger partial charge >= 0.3 is 20.5 Å². The van der Waals surface area contributed by atoms with Gasteiger partial charge in [-0.3, -0.25) is 4.55 Å². The molecule has 0 aliphatic carbocycles. The van der Waals surface area contributed by atoms with Crippen molar-refractivity contribution in [1.82, 2.24) is 0 Å². The highest BCUT2D eigenvalue weighted by atomic mass is 35.5. The van der Waals surface area contributed by atoms with Crippen LogP contribution < -0.4 is 0 Å². The zero-order valence-electron chi connectivity index (χ0n) is 8.08. The fraction of sp³-hybridized carbons (Fsp3) is 0.125. The third-order valence-corrected chi connectivity index (χ3v) is 5.30. The largest absolute Gasteiger partial charge is 0.418 e. The molecule has 2 rings (SSSR count). The molecule has 98 valence electrons. The van der Waals surface area contributed by atoms with Crippen molar-refractivity contribution in [1.29, 1.82) is 0 Å². The van der Waals surface area contributed by atoms with E-state index in [1.54, 1.807) is 0 Å². The number of cyclic esters (lactones) is 1. The van der Waals surface area contributed by atoms with Gasteiger partial charge in [0.15, 0.2) is 0 Å². The highest BCUT2D eigenvalue weighted by Gasteiger charge is 2.56. The third-order valence-electron chi connectivity index (χ3n) is 2.24. The summed E-state index contributed by atoms with van der Waals surface area (Å²) >= 11 is 22.8. The van der Waals surface area contributed by atoms with E-state index < -0.39 is 26.0 Å². The van der Waals surface area contributed by atoms with Gasteiger partial charge in [-0.05, 0) is 17.7 Å². The van der Waals surface area contributed by atoms with Gasteiger partial charge < -0.3 is 4.74 Å². The lowest BCUT2D eigenvalue weighted by Crippen LogP contribution is -2.29. The Kier molecular flexibility index (Phi) is 3.25. The molecule has 1 aliphatic heterocycles. The molecule has 0 saturated heterocycles. The standard InChI is InChI=1S/C8H2Cl4O5S/c9-3-1-2-4(6(11)5(3)10)8(12,17-7(2)13)18(14,15)16/h1H,(H,14,15,16). The first-order chi connectivity index (χ1) is 8.09. The van der Waals surface area contributed by atoms with Crippen LogP contribution in [0.4, 0.5) is 0 Å². The molecule has 0 radical (unpaired) electrons. The summed E-state index contributed by atoms with van der Waals surface area (Å²) in [5, 5.41) is -0.657. The number of hydrogen-bond donors (Lipinski definition) is 1. The van der Waals surface area contributed by atoms with Gasteiger partial charge in [-0.25, -0.2) is 4.79 Å². The van der Waals surface area contributed by atoms with Crippen LogP contribution in [0.25, 0.3) is 0 Å². The lowest BCUT2D eigenvalue weighted by molar-refractivity contribution is 0.0426. The number of fused-ring (bicyclic) bond motifs is 1. The summed E-state index contributed by atoms with van der Waals surface area (Å²) in [4.78, 5) is 11.5. The lowest BCUT2D eigenvalue weighted by Gasteiger charge is -2.18. The molecule has 1 atom stereocenters. The number of carbonyl (C=O) groups is 1. The van der Waals surface area contributed by atoms with Crippen LogP contribution in [0.2, 0.25) is 15.1 Å². The molecule has 1 aliphatic rings. The Labute approximate surface area is 121 Å². The minimum atomic E-state index is -4.96. The van der Waals surface area contributed by atoms with Gasteiger partial charge in [0, 0.05) is 0 Å². The van der Waals surface area contributed by atoms with Gasteiger partial charge in [-0.2, -0.15) is 8.42 Å². The Morgan fingerprint density at radius 2 is 1.78 bits per heavy atom. The first-order valence-electron chi connectivity index (χ1n) is 4.17. The minimum absolute atomic E-state index is 0.0754.